The minimum absolute atomic E-state index is 0.397. The molecule has 1 atom stereocenters. The zero-order valence-electron chi connectivity index (χ0n) is 12.0. The summed E-state index contributed by atoms with van der Waals surface area (Å²) in [6, 6.07) is 4.17. The lowest BCUT2D eigenvalue weighted by Gasteiger charge is -2.18. The molecule has 0 aromatic heterocycles. The van der Waals surface area contributed by atoms with Crippen LogP contribution in [-0.4, -0.2) is 16.2 Å². The predicted octanol–water partition coefficient (Wildman–Crippen LogP) is 3.84. The first-order valence-corrected chi connectivity index (χ1v) is 8.33. The quantitative estimate of drug-likeness (QED) is 0.827. The summed E-state index contributed by atoms with van der Waals surface area (Å²) in [5.41, 5.74) is 4.56. The second-order valence-electron chi connectivity index (χ2n) is 5.85. The van der Waals surface area contributed by atoms with Crippen LogP contribution in [0.4, 0.5) is 0 Å². The lowest BCUT2D eigenvalue weighted by atomic mass is 9.96. The molecule has 0 fully saturated rings. The lowest BCUT2D eigenvalue weighted by molar-refractivity contribution is -0.132. The van der Waals surface area contributed by atoms with Gasteiger partial charge in [0.05, 0.1) is 11.7 Å². The summed E-state index contributed by atoms with van der Waals surface area (Å²) in [7, 11) is 0. The first-order chi connectivity index (χ1) is 10.6. The van der Waals surface area contributed by atoms with E-state index in [2.05, 4.69) is 12.1 Å². The van der Waals surface area contributed by atoms with E-state index in [9.17, 15) is 15.0 Å². The summed E-state index contributed by atoms with van der Waals surface area (Å²) in [5.74, 6) is -0.867. The Balaban J connectivity index is 1.86. The monoisotopic (exact) mass is 312 g/mol. The molecular formula is C18H16O3S. The van der Waals surface area contributed by atoms with Crippen molar-refractivity contribution in [3.63, 3.8) is 0 Å². The van der Waals surface area contributed by atoms with Crippen LogP contribution in [-0.2, 0) is 11.2 Å². The molecule has 4 rings (SSSR count). The average Bonchev–Trinajstić information content (AvgIpc) is 2.78. The Bertz CT molecular complexity index is 771. The van der Waals surface area contributed by atoms with E-state index in [0.717, 1.165) is 52.2 Å². The van der Waals surface area contributed by atoms with Gasteiger partial charge in [0.15, 0.2) is 0 Å². The molecule has 0 saturated heterocycles. The summed E-state index contributed by atoms with van der Waals surface area (Å²) < 4.78 is 0. The topological polar surface area (TPSA) is 57.5 Å². The van der Waals surface area contributed by atoms with Crippen LogP contribution in [0.1, 0.15) is 42.1 Å². The standard InChI is InChI=1S/C18H16O3S/c19-14-9-7-10-4-5-11-6-8-12-13(18(20)21)2-1-3-15(12)22-17(11)16(10)14/h2,4-6,8,14,19H,1,3,7,9H2,(H,20,21). The van der Waals surface area contributed by atoms with Crippen molar-refractivity contribution in [3.8, 4) is 0 Å². The van der Waals surface area contributed by atoms with Gasteiger partial charge >= 0.3 is 5.97 Å². The number of carbonyl (C=O) groups is 1. The van der Waals surface area contributed by atoms with Gasteiger partial charge in [0.2, 0.25) is 0 Å². The molecule has 0 radical (unpaired) electrons. The largest absolute Gasteiger partial charge is 0.478 e. The summed E-state index contributed by atoms with van der Waals surface area (Å²) in [5, 5.41) is 19.7. The molecule has 1 aliphatic heterocycles. The zero-order valence-corrected chi connectivity index (χ0v) is 12.8. The molecule has 1 unspecified atom stereocenters. The first kappa shape index (κ1) is 13.9. The maximum Gasteiger partial charge on any atom is 0.335 e. The molecule has 0 saturated carbocycles. The van der Waals surface area contributed by atoms with Gasteiger partial charge < -0.3 is 10.2 Å². The van der Waals surface area contributed by atoms with Crippen LogP contribution >= 0.6 is 11.8 Å². The van der Waals surface area contributed by atoms with Gasteiger partial charge in [-0.05, 0) is 52.9 Å². The molecule has 1 aromatic carbocycles. The van der Waals surface area contributed by atoms with Crippen molar-refractivity contribution in [1.29, 1.82) is 0 Å². The number of carboxylic acids is 1. The number of rotatable bonds is 1. The van der Waals surface area contributed by atoms with Crippen molar-refractivity contribution in [1.82, 2.24) is 0 Å². The second-order valence-corrected chi connectivity index (χ2v) is 6.95. The van der Waals surface area contributed by atoms with Gasteiger partial charge in [-0.3, -0.25) is 0 Å². The molecule has 2 N–H and O–H groups in total. The Morgan fingerprint density at radius 3 is 2.91 bits per heavy atom. The Morgan fingerprint density at radius 2 is 2.09 bits per heavy atom. The molecule has 3 nitrogen and oxygen atoms in total. The molecule has 0 spiro atoms. The fraction of sp³-hybridized carbons (Fsp3) is 0.278. The van der Waals surface area contributed by atoms with Crippen LogP contribution in [0.3, 0.4) is 0 Å². The van der Waals surface area contributed by atoms with Gasteiger partial charge in [-0.15, -0.1) is 0 Å². The normalized spacial score (nSPS) is 22.6. The Labute approximate surface area is 133 Å². The number of benzene rings is 1. The van der Waals surface area contributed by atoms with E-state index >= 15 is 0 Å². The predicted molar refractivity (Wildman–Crippen MR) is 86.6 cm³/mol. The number of aliphatic carboxylic acids is 1. The highest BCUT2D eigenvalue weighted by Crippen LogP contribution is 2.48. The number of fused-ring (bicyclic) bond motifs is 3. The molecule has 1 aromatic rings. The van der Waals surface area contributed by atoms with Crippen molar-refractivity contribution >= 4 is 23.8 Å². The van der Waals surface area contributed by atoms with Crippen molar-refractivity contribution < 1.29 is 15.0 Å². The fourth-order valence-corrected chi connectivity index (χ4v) is 4.84. The van der Waals surface area contributed by atoms with Crippen LogP contribution in [0.5, 0.6) is 0 Å². The number of allylic oxidation sites excluding steroid dienone is 3. The smallest absolute Gasteiger partial charge is 0.335 e. The molecule has 2 aliphatic carbocycles. The lowest BCUT2D eigenvalue weighted by Crippen LogP contribution is -2.07. The molecule has 22 heavy (non-hydrogen) atoms. The molecule has 0 amide bonds. The third-order valence-corrected chi connectivity index (χ3v) is 5.86. The van der Waals surface area contributed by atoms with E-state index in [1.165, 1.54) is 5.56 Å². The Morgan fingerprint density at radius 1 is 1.23 bits per heavy atom. The van der Waals surface area contributed by atoms with Crippen molar-refractivity contribution in [2.75, 3.05) is 0 Å². The SMILES string of the molecule is O=C(O)C1=CCCC2=C1C=Cc1ccc3c(c1S2)C(O)CC3. The van der Waals surface area contributed by atoms with Crippen LogP contribution in [0.15, 0.2) is 45.2 Å². The summed E-state index contributed by atoms with van der Waals surface area (Å²) in [6.45, 7) is 0. The van der Waals surface area contributed by atoms with E-state index < -0.39 is 12.1 Å². The van der Waals surface area contributed by atoms with Crippen LogP contribution in [0.25, 0.3) is 6.08 Å². The van der Waals surface area contributed by atoms with E-state index in [-0.39, 0.29) is 0 Å². The fourth-order valence-electron chi connectivity index (χ4n) is 3.45. The van der Waals surface area contributed by atoms with Gasteiger partial charge in [0.1, 0.15) is 0 Å². The molecule has 3 aliphatic rings. The van der Waals surface area contributed by atoms with Crippen molar-refractivity contribution in [3.05, 3.63) is 57.0 Å². The average molecular weight is 312 g/mol. The summed E-state index contributed by atoms with van der Waals surface area (Å²) >= 11 is 1.64. The second kappa shape index (κ2) is 5.14. The molecular weight excluding hydrogens is 296 g/mol. The number of thioether (sulfide) groups is 1. The number of aryl methyl sites for hydroxylation is 1. The van der Waals surface area contributed by atoms with Crippen LogP contribution in [0.2, 0.25) is 0 Å². The molecule has 0 bridgehead atoms. The summed E-state index contributed by atoms with van der Waals surface area (Å²) in [6.07, 6.45) is 8.63. The first-order valence-electron chi connectivity index (χ1n) is 7.52. The Hall–Kier alpha value is -1.78. The number of aliphatic hydroxyl groups excluding tert-OH is 1. The van der Waals surface area contributed by atoms with Gasteiger partial charge in [-0.25, -0.2) is 4.79 Å². The van der Waals surface area contributed by atoms with E-state index in [4.69, 9.17) is 0 Å². The highest BCUT2D eigenvalue weighted by molar-refractivity contribution is 8.03. The minimum Gasteiger partial charge on any atom is -0.478 e. The highest BCUT2D eigenvalue weighted by atomic mass is 32.2. The highest BCUT2D eigenvalue weighted by Gasteiger charge is 2.29. The Kier molecular flexibility index (Phi) is 3.24. The minimum atomic E-state index is -0.867. The number of aliphatic hydroxyl groups is 1. The molecule has 4 heteroatoms. The zero-order chi connectivity index (χ0) is 15.3. The molecule has 1 heterocycles. The van der Waals surface area contributed by atoms with Crippen LogP contribution in [0, 0.1) is 0 Å². The van der Waals surface area contributed by atoms with Crippen molar-refractivity contribution in [2.24, 2.45) is 0 Å². The molecule has 112 valence electrons. The van der Waals surface area contributed by atoms with E-state index in [1.54, 1.807) is 17.8 Å². The number of hydrogen-bond donors (Lipinski definition) is 2. The van der Waals surface area contributed by atoms with Gasteiger partial charge in [0.25, 0.3) is 0 Å². The third-order valence-electron chi connectivity index (χ3n) is 4.53. The van der Waals surface area contributed by atoms with Crippen molar-refractivity contribution in [2.45, 2.75) is 36.7 Å². The maximum absolute atomic E-state index is 11.4. The number of carboxylic acid groups (broad SMARTS) is 1. The summed E-state index contributed by atoms with van der Waals surface area (Å²) in [4.78, 5) is 13.7. The van der Waals surface area contributed by atoms with Crippen LogP contribution < -0.4 is 0 Å². The number of hydrogen-bond acceptors (Lipinski definition) is 3. The van der Waals surface area contributed by atoms with Gasteiger partial charge in [0, 0.05) is 4.90 Å². The van der Waals surface area contributed by atoms with Gasteiger partial charge in [-0.1, -0.05) is 42.1 Å². The van der Waals surface area contributed by atoms with E-state index in [0.29, 0.717) is 5.57 Å². The van der Waals surface area contributed by atoms with Gasteiger partial charge in [-0.2, -0.15) is 0 Å². The third kappa shape index (κ3) is 2.06. The maximum atomic E-state index is 11.4. The van der Waals surface area contributed by atoms with E-state index in [1.807, 2.05) is 12.2 Å².